The van der Waals surface area contributed by atoms with E-state index in [9.17, 15) is 0 Å². The Labute approximate surface area is 29.5 Å². The zero-order valence-corrected chi connectivity index (χ0v) is 2.63. The van der Waals surface area contributed by atoms with Crippen molar-refractivity contribution in [3.63, 3.8) is 0 Å². The predicted octanol–water partition coefficient (Wildman–Crippen LogP) is -0.561. The molecule has 3 nitrogen and oxygen atoms in total. The van der Waals surface area contributed by atoms with Crippen molar-refractivity contribution in [2.24, 2.45) is 5.16 Å². The normalized spacial score (nSPS) is 9.80. The Balaban J connectivity index is 2.62. The van der Waals surface area contributed by atoms with Gasteiger partial charge in [0.25, 0.3) is 0 Å². The molecule has 0 aromatic rings. The monoisotopic (exact) mass is 75.0 g/mol. The van der Waals surface area contributed by atoms with Crippen LogP contribution in [0.15, 0.2) is 5.16 Å². The van der Waals surface area contributed by atoms with E-state index in [1.807, 2.05) is 0 Å². The van der Waals surface area contributed by atoms with E-state index >= 15 is 0 Å². The molecule has 0 unspecified atom stereocenters. The van der Waals surface area contributed by atoms with E-state index in [4.69, 9.17) is 10.3 Å². The molecule has 5 heavy (non-hydrogen) atoms. The van der Waals surface area contributed by atoms with Crippen LogP contribution in [0.1, 0.15) is 0 Å². The third-order valence-corrected chi connectivity index (χ3v) is 0.163. The molecule has 0 aromatic carbocycles. The van der Waals surface area contributed by atoms with Crippen molar-refractivity contribution in [3.05, 3.63) is 0 Å². The van der Waals surface area contributed by atoms with Gasteiger partial charge in [-0.25, -0.2) is 0 Å². The van der Waals surface area contributed by atoms with Crippen molar-refractivity contribution >= 4 is 6.21 Å². The van der Waals surface area contributed by atoms with E-state index < -0.39 is 0 Å². The summed E-state index contributed by atoms with van der Waals surface area (Å²) in [6.07, 6.45) is 0.986. The van der Waals surface area contributed by atoms with Gasteiger partial charge in [0.1, 0.15) is 0 Å². The molecule has 0 rings (SSSR count). The van der Waals surface area contributed by atoms with Crippen LogP contribution in [0.4, 0.5) is 0 Å². The Kier molecular flexibility index (Phi) is 3.04. The topological polar surface area (TPSA) is 52.8 Å². The Bertz CT molecular complexity index is 34.6. The van der Waals surface area contributed by atoms with E-state index in [0.717, 1.165) is 6.21 Å². The Morgan fingerprint density at radius 2 is 2.40 bits per heavy atom. The molecule has 0 saturated carbocycles. The summed E-state index contributed by atoms with van der Waals surface area (Å²) in [5, 5.41) is 17.7. The van der Waals surface area contributed by atoms with Crippen LogP contribution in [0, 0.1) is 0 Å². The first-order chi connectivity index (χ1) is 2.41. The summed E-state index contributed by atoms with van der Waals surface area (Å²) in [5.41, 5.74) is 0. The Hall–Kier alpha value is -0.570. The highest BCUT2D eigenvalue weighted by molar-refractivity contribution is 5.56. The van der Waals surface area contributed by atoms with Crippen LogP contribution in [0.25, 0.3) is 0 Å². The molecule has 0 spiro atoms. The van der Waals surface area contributed by atoms with Crippen LogP contribution < -0.4 is 0 Å². The lowest BCUT2D eigenvalue weighted by Crippen LogP contribution is -1.78. The van der Waals surface area contributed by atoms with E-state index in [0.29, 0.717) is 0 Å². The second-order valence-electron chi connectivity index (χ2n) is 0.481. The average molecular weight is 75.1 g/mol. The minimum Gasteiger partial charge on any atom is -0.411 e. The lowest BCUT2D eigenvalue weighted by molar-refractivity contribution is 0.308. The SMILES string of the molecule is OC/C=N\O. The average Bonchev–Trinajstić information content (AvgIpc) is 1.41. The summed E-state index contributed by atoms with van der Waals surface area (Å²) in [7, 11) is 0. The fourth-order valence-corrected chi connectivity index (χ4v) is 0.0365. The summed E-state index contributed by atoms with van der Waals surface area (Å²) in [4.78, 5) is 0. The molecule has 0 amide bonds. The summed E-state index contributed by atoms with van der Waals surface area (Å²) in [5.74, 6) is 0. The molecule has 0 radical (unpaired) electrons. The summed E-state index contributed by atoms with van der Waals surface area (Å²) in [6.45, 7) is -0.198. The number of oxime groups is 1. The Morgan fingerprint density at radius 3 is 2.40 bits per heavy atom. The number of hydrogen-bond acceptors (Lipinski definition) is 3. The molecule has 2 N–H and O–H groups in total. The summed E-state index contributed by atoms with van der Waals surface area (Å²) >= 11 is 0. The van der Waals surface area contributed by atoms with Crippen LogP contribution in [0.3, 0.4) is 0 Å². The standard InChI is InChI=1S/C2H5NO2/c4-2-1-3-5/h1,4-5H,2H2/b3-1-. The van der Waals surface area contributed by atoms with Crippen LogP contribution in [0.2, 0.25) is 0 Å². The largest absolute Gasteiger partial charge is 0.411 e. The molecule has 0 aliphatic rings. The molecule has 0 aliphatic carbocycles. The first kappa shape index (κ1) is 4.43. The fourth-order valence-electron chi connectivity index (χ4n) is 0.0365. The maximum absolute atomic E-state index is 7.76. The lowest BCUT2D eigenvalue weighted by Gasteiger charge is -1.65. The molecule has 0 heterocycles. The number of hydrogen-bond donors (Lipinski definition) is 2. The van der Waals surface area contributed by atoms with Gasteiger partial charge in [-0.3, -0.25) is 0 Å². The van der Waals surface area contributed by atoms with Crippen molar-refractivity contribution in [1.82, 2.24) is 0 Å². The smallest absolute Gasteiger partial charge is 0.0817 e. The molecular weight excluding hydrogens is 70.0 g/mol. The molecule has 0 fully saturated rings. The van der Waals surface area contributed by atoms with Gasteiger partial charge in [0.15, 0.2) is 0 Å². The van der Waals surface area contributed by atoms with E-state index in [1.165, 1.54) is 0 Å². The molecule has 0 saturated heterocycles. The fraction of sp³-hybridized carbons (Fsp3) is 0.500. The lowest BCUT2D eigenvalue weighted by atomic mass is 10.8. The van der Waals surface area contributed by atoms with Crippen molar-refractivity contribution in [3.8, 4) is 0 Å². The minimum atomic E-state index is -0.198. The molecule has 0 aromatic heterocycles. The van der Waals surface area contributed by atoms with E-state index in [1.54, 1.807) is 0 Å². The Morgan fingerprint density at radius 1 is 1.80 bits per heavy atom. The minimum absolute atomic E-state index is 0.198. The van der Waals surface area contributed by atoms with Gasteiger partial charge >= 0.3 is 0 Å². The zero-order valence-electron chi connectivity index (χ0n) is 2.63. The maximum Gasteiger partial charge on any atom is 0.0817 e. The van der Waals surface area contributed by atoms with Gasteiger partial charge in [0.05, 0.1) is 12.8 Å². The second-order valence-corrected chi connectivity index (χ2v) is 0.481. The number of nitrogens with zero attached hydrogens (tertiary/aromatic N) is 1. The third-order valence-electron chi connectivity index (χ3n) is 0.163. The van der Waals surface area contributed by atoms with Crippen LogP contribution in [-0.4, -0.2) is 23.1 Å². The predicted molar refractivity (Wildman–Crippen MR) is 17.4 cm³/mol. The summed E-state index contributed by atoms with van der Waals surface area (Å²) in [6, 6.07) is 0. The third kappa shape index (κ3) is 3.43. The highest BCUT2D eigenvalue weighted by Gasteiger charge is 1.55. The van der Waals surface area contributed by atoms with Crippen molar-refractivity contribution in [1.29, 1.82) is 0 Å². The van der Waals surface area contributed by atoms with Crippen molar-refractivity contribution in [2.75, 3.05) is 6.61 Å². The first-order valence-corrected chi connectivity index (χ1v) is 1.18. The van der Waals surface area contributed by atoms with Crippen LogP contribution in [0.5, 0.6) is 0 Å². The number of aliphatic hydroxyl groups excluding tert-OH is 1. The molecule has 30 valence electrons. The van der Waals surface area contributed by atoms with Crippen molar-refractivity contribution < 1.29 is 10.3 Å². The highest BCUT2D eigenvalue weighted by atomic mass is 16.4. The van der Waals surface area contributed by atoms with Gasteiger partial charge in [-0.05, 0) is 0 Å². The van der Waals surface area contributed by atoms with Gasteiger partial charge in [-0.15, -0.1) is 0 Å². The summed E-state index contributed by atoms with van der Waals surface area (Å²) < 4.78 is 0. The molecule has 0 aliphatic heterocycles. The van der Waals surface area contributed by atoms with Crippen LogP contribution >= 0.6 is 0 Å². The van der Waals surface area contributed by atoms with Gasteiger partial charge in [-0.2, -0.15) is 0 Å². The quantitative estimate of drug-likeness (QED) is 0.249. The highest BCUT2D eigenvalue weighted by Crippen LogP contribution is 1.43. The molecule has 0 atom stereocenters. The van der Waals surface area contributed by atoms with Crippen LogP contribution in [-0.2, 0) is 0 Å². The van der Waals surface area contributed by atoms with Gasteiger partial charge in [-0.1, -0.05) is 5.16 Å². The molecule has 0 bridgehead atoms. The van der Waals surface area contributed by atoms with Gasteiger partial charge in [0, 0.05) is 0 Å². The molecule has 3 heteroatoms. The second kappa shape index (κ2) is 3.43. The molecular formula is C2H5NO2. The number of aliphatic hydroxyl groups is 1. The number of rotatable bonds is 1. The van der Waals surface area contributed by atoms with Gasteiger partial charge < -0.3 is 10.3 Å². The van der Waals surface area contributed by atoms with Gasteiger partial charge in [0.2, 0.25) is 0 Å². The van der Waals surface area contributed by atoms with E-state index in [2.05, 4.69) is 5.16 Å². The van der Waals surface area contributed by atoms with Crippen molar-refractivity contribution in [2.45, 2.75) is 0 Å². The zero-order chi connectivity index (χ0) is 4.12. The first-order valence-electron chi connectivity index (χ1n) is 1.18. The van der Waals surface area contributed by atoms with E-state index in [-0.39, 0.29) is 6.61 Å². The maximum atomic E-state index is 7.76.